The standard InChI is InChI=1S/C12H9ClO2S2.C9H6F4O3.C8H8O6/c13-9-3-1-8(2-4-9)7-17-10-5-6-16-11(10)12(14)15;10-8(11)9(12,13)16-6-3-1-2-5(4-6)7(14)15;1-3(9)5-4(10)6(13-2)7(14-5)8(11)12/h1-6H,7H2,(H,14,15);1-4,8H,(H,14,15);10H,1-2H3,(H,11,12). The Morgan fingerprint density at radius 1 is 0.979 bits per heavy atom. The molecule has 0 saturated carbocycles. The number of methoxy groups -OCH3 is 1. The van der Waals surface area contributed by atoms with E-state index in [1.807, 2.05) is 30.3 Å². The SMILES string of the molecule is COc1c(C(=O)O)oc(C(C)=O)c1O.O=C(O)c1cccc(OC(F)(F)C(F)F)c1.O=C(O)c1sccc1SCc1ccc(Cl)cc1. The molecular formula is C29H23ClF4O11S2. The molecule has 18 heteroatoms. The highest BCUT2D eigenvalue weighted by molar-refractivity contribution is 7.98. The van der Waals surface area contributed by atoms with Crippen molar-refractivity contribution in [2.45, 2.75) is 30.1 Å². The van der Waals surface area contributed by atoms with Gasteiger partial charge in [-0.25, -0.2) is 14.4 Å². The van der Waals surface area contributed by atoms with Crippen molar-refractivity contribution in [3.05, 3.63) is 92.5 Å². The van der Waals surface area contributed by atoms with Crippen molar-refractivity contribution in [3.8, 4) is 17.2 Å². The van der Waals surface area contributed by atoms with Gasteiger partial charge in [-0.2, -0.15) is 17.6 Å². The van der Waals surface area contributed by atoms with Crippen LogP contribution in [0.2, 0.25) is 5.02 Å². The van der Waals surface area contributed by atoms with Crippen molar-refractivity contribution in [3.63, 3.8) is 0 Å². The van der Waals surface area contributed by atoms with Crippen molar-refractivity contribution in [1.29, 1.82) is 0 Å². The lowest BCUT2D eigenvalue weighted by Crippen LogP contribution is -2.33. The van der Waals surface area contributed by atoms with Crippen LogP contribution in [-0.4, -0.2) is 63.8 Å². The number of benzene rings is 2. The largest absolute Gasteiger partial charge is 0.501 e. The van der Waals surface area contributed by atoms with Gasteiger partial charge < -0.3 is 34.3 Å². The molecule has 4 aromatic rings. The molecule has 0 fully saturated rings. The average molecular weight is 723 g/mol. The minimum atomic E-state index is -4.64. The summed E-state index contributed by atoms with van der Waals surface area (Å²) >= 11 is 8.58. The van der Waals surface area contributed by atoms with E-state index in [0.717, 1.165) is 47.4 Å². The van der Waals surface area contributed by atoms with Crippen LogP contribution in [0.3, 0.4) is 0 Å². The number of alkyl halides is 4. The van der Waals surface area contributed by atoms with Gasteiger partial charge >= 0.3 is 30.4 Å². The van der Waals surface area contributed by atoms with Gasteiger partial charge in [-0.3, -0.25) is 4.79 Å². The number of aromatic hydroxyl groups is 1. The second-order valence-electron chi connectivity index (χ2n) is 8.64. The molecular weight excluding hydrogens is 700 g/mol. The number of furan rings is 1. The number of thiophene rings is 1. The first-order valence-electron chi connectivity index (χ1n) is 12.5. The third-order valence-corrected chi connectivity index (χ3v) is 7.69. The predicted octanol–water partition coefficient (Wildman–Crippen LogP) is 7.91. The first kappa shape index (κ1) is 38.4. The summed E-state index contributed by atoms with van der Waals surface area (Å²) in [6.07, 6.45) is -8.63. The predicted molar refractivity (Wildman–Crippen MR) is 161 cm³/mol. The second-order valence-corrected chi connectivity index (χ2v) is 11.0. The molecule has 0 unspecified atom stereocenters. The maximum absolute atomic E-state index is 12.4. The van der Waals surface area contributed by atoms with E-state index in [4.69, 9.17) is 26.9 Å². The minimum absolute atomic E-state index is 0.331. The number of halogens is 5. The summed E-state index contributed by atoms with van der Waals surface area (Å²) in [5, 5.41) is 37.9. The topological polar surface area (TPSA) is 181 Å². The van der Waals surface area contributed by atoms with Crippen LogP contribution in [0.4, 0.5) is 17.6 Å². The fraction of sp³-hybridized carbons (Fsp3) is 0.172. The Kier molecular flexibility index (Phi) is 14.1. The van der Waals surface area contributed by atoms with Crippen LogP contribution >= 0.6 is 34.7 Å². The molecule has 0 saturated heterocycles. The number of carboxylic acid groups (broad SMARTS) is 3. The molecule has 0 spiro atoms. The van der Waals surface area contributed by atoms with E-state index in [9.17, 15) is 41.8 Å². The molecule has 2 heterocycles. The average Bonchev–Trinajstić information content (AvgIpc) is 3.62. The molecule has 252 valence electrons. The molecule has 11 nitrogen and oxygen atoms in total. The molecule has 0 bridgehead atoms. The molecule has 47 heavy (non-hydrogen) atoms. The van der Waals surface area contributed by atoms with Crippen LogP contribution in [0, 0.1) is 0 Å². The minimum Gasteiger partial charge on any atom is -0.501 e. The molecule has 0 amide bonds. The van der Waals surface area contributed by atoms with Crippen molar-refractivity contribution >= 4 is 58.4 Å². The summed E-state index contributed by atoms with van der Waals surface area (Å²) in [5.41, 5.74) is 0.796. The molecule has 0 aliphatic carbocycles. The van der Waals surface area contributed by atoms with Gasteiger partial charge in [0.15, 0.2) is 5.78 Å². The number of ether oxygens (including phenoxy) is 2. The second kappa shape index (κ2) is 17.3. The number of hydrogen-bond donors (Lipinski definition) is 4. The highest BCUT2D eigenvalue weighted by atomic mass is 35.5. The summed E-state index contributed by atoms with van der Waals surface area (Å²) < 4.78 is 61.4. The van der Waals surface area contributed by atoms with Crippen molar-refractivity contribution < 1.29 is 71.1 Å². The number of thioether (sulfide) groups is 1. The van der Waals surface area contributed by atoms with Crippen molar-refractivity contribution in [1.82, 2.24) is 0 Å². The molecule has 2 aromatic heterocycles. The number of rotatable bonds is 11. The Hall–Kier alpha value is -4.74. The molecule has 4 rings (SSSR count). The lowest BCUT2D eigenvalue weighted by molar-refractivity contribution is -0.253. The maximum Gasteiger partial charge on any atom is 0.461 e. The van der Waals surface area contributed by atoms with Gasteiger partial charge in [-0.1, -0.05) is 29.8 Å². The van der Waals surface area contributed by atoms with Gasteiger partial charge in [0.05, 0.1) is 12.7 Å². The Morgan fingerprint density at radius 3 is 2.11 bits per heavy atom. The van der Waals surface area contributed by atoms with Crippen LogP contribution < -0.4 is 9.47 Å². The van der Waals surface area contributed by atoms with Crippen molar-refractivity contribution in [2.75, 3.05) is 7.11 Å². The molecule has 0 aliphatic heterocycles. The van der Waals surface area contributed by atoms with Crippen LogP contribution in [0.1, 0.15) is 53.6 Å². The Labute approximate surface area is 275 Å². The van der Waals surface area contributed by atoms with Crippen LogP contribution in [0.5, 0.6) is 17.2 Å². The summed E-state index contributed by atoms with van der Waals surface area (Å²) in [4.78, 5) is 44.0. The summed E-state index contributed by atoms with van der Waals surface area (Å²) in [7, 11) is 1.17. The molecule has 0 radical (unpaired) electrons. The number of hydrogen-bond acceptors (Lipinski definition) is 10. The normalized spacial score (nSPS) is 10.6. The van der Waals surface area contributed by atoms with Gasteiger partial charge in [0.2, 0.25) is 17.3 Å². The van der Waals surface area contributed by atoms with Gasteiger partial charge in [0, 0.05) is 22.6 Å². The fourth-order valence-electron chi connectivity index (χ4n) is 3.18. The van der Waals surface area contributed by atoms with Gasteiger partial charge in [-0.05, 0) is 47.3 Å². The zero-order chi connectivity index (χ0) is 35.5. The van der Waals surface area contributed by atoms with Crippen LogP contribution in [0.25, 0.3) is 0 Å². The number of ketones is 1. The third-order valence-electron chi connectivity index (χ3n) is 5.28. The van der Waals surface area contributed by atoms with E-state index in [0.29, 0.717) is 9.90 Å². The number of carboxylic acids is 3. The Bertz CT molecular complexity index is 1710. The third kappa shape index (κ3) is 11.2. The van der Waals surface area contributed by atoms with Gasteiger partial charge in [-0.15, -0.1) is 23.1 Å². The lowest BCUT2D eigenvalue weighted by Gasteiger charge is -2.16. The molecule has 0 aliphatic rings. The maximum atomic E-state index is 12.4. The molecule has 4 N–H and O–H groups in total. The summed E-state index contributed by atoms with van der Waals surface area (Å²) in [5.74, 6) is -6.05. The number of carbonyl (C=O) groups excluding carboxylic acids is 1. The van der Waals surface area contributed by atoms with E-state index in [1.165, 1.54) is 30.2 Å². The van der Waals surface area contributed by atoms with E-state index in [2.05, 4.69) is 13.9 Å². The Morgan fingerprint density at radius 2 is 1.62 bits per heavy atom. The zero-order valence-electron chi connectivity index (χ0n) is 23.9. The number of Topliss-reactive ketones (excluding diaryl/α,β-unsaturated/α-hetero) is 1. The van der Waals surface area contributed by atoms with E-state index < -0.39 is 59.2 Å². The quantitative estimate of drug-likeness (QED) is 0.0668. The smallest absolute Gasteiger partial charge is 0.461 e. The lowest BCUT2D eigenvalue weighted by atomic mass is 10.2. The van der Waals surface area contributed by atoms with Crippen molar-refractivity contribution in [2.24, 2.45) is 0 Å². The van der Waals surface area contributed by atoms with Gasteiger partial charge in [0.25, 0.3) is 5.76 Å². The van der Waals surface area contributed by atoms with E-state index in [-0.39, 0.29) is 11.3 Å². The number of aromatic carboxylic acids is 3. The van der Waals surface area contributed by atoms with E-state index >= 15 is 0 Å². The zero-order valence-corrected chi connectivity index (χ0v) is 26.3. The highest BCUT2D eigenvalue weighted by Gasteiger charge is 2.44. The fourth-order valence-corrected chi connectivity index (χ4v) is 5.23. The van der Waals surface area contributed by atoms with Crippen LogP contribution in [0.15, 0.2) is 69.3 Å². The summed E-state index contributed by atoms with van der Waals surface area (Å²) in [6.45, 7) is 1.14. The Balaban J connectivity index is 0.000000246. The highest BCUT2D eigenvalue weighted by Crippen LogP contribution is 2.37. The monoisotopic (exact) mass is 722 g/mol. The number of carbonyl (C=O) groups is 4. The summed E-state index contributed by atoms with van der Waals surface area (Å²) in [6, 6.07) is 13.3. The first-order chi connectivity index (χ1) is 22.0. The molecule has 0 atom stereocenters. The van der Waals surface area contributed by atoms with Gasteiger partial charge in [0.1, 0.15) is 10.6 Å². The van der Waals surface area contributed by atoms with Crippen LogP contribution in [-0.2, 0) is 5.75 Å². The first-order valence-corrected chi connectivity index (χ1v) is 14.7. The van der Waals surface area contributed by atoms with E-state index in [1.54, 1.807) is 5.38 Å². The molecule has 2 aromatic carbocycles.